The van der Waals surface area contributed by atoms with Gasteiger partial charge in [0.15, 0.2) is 5.16 Å². The molecule has 0 radical (unpaired) electrons. The molecule has 0 aliphatic rings. The Morgan fingerprint density at radius 3 is 2.93 bits per heavy atom. The van der Waals surface area contributed by atoms with E-state index >= 15 is 0 Å². The Bertz CT molecular complexity index is 1290. The number of benzene rings is 1. The van der Waals surface area contributed by atoms with Crippen LogP contribution in [0.2, 0.25) is 0 Å². The first-order valence-electron chi connectivity index (χ1n) is 8.94. The summed E-state index contributed by atoms with van der Waals surface area (Å²) in [5.41, 5.74) is 3.15. The Morgan fingerprint density at radius 1 is 1.29 bits per heavy atom. The Labute approximate surface area is 174 Å². The van der Waals surface area contributed by atoms with E-state index < -0.39 is 0 Å². The number of hydrogen-bond donors (Lipinski definition) is 0. The maximum absolute atomic E-state index is 13.0. The zero-order valence-corrected chi connectivity index (χ0v) is 17.6. The molecule has 0 aliphatic heterocycles. The number of fused-ring (bicyclic) bond motifs is 2. The molecule has 0 fully saturated rings. The summed E-state index contributed by atoms with van der Waals surface area (Å²) in [7, 11) is 0. The first kappa shape index (κ1) is 18.8. The van der Waals surface area contributed by atoms with E-state index in [4.69, 9.17) is 4.98 Å². The van der Waals surface area contributed by atoms with Crippen LogP contribution in [0.4, 0.5) is 0 Å². The van der Waals surface area contributed by atoms with Crippen LogP contribution < -0.4 is 5.56 Å². The number of nitrogens with zero attached hydrogens (tertiary/aromatic N) is 4. The fraction of sp³-hybridized carbons (Fsp3) is 0.190. The lowest BCUT2D eigenvalue weighted by molar-refractivity contribution is 0.584. The van der Waals surface area contributed by atoms with Crippen LogP contribution in [0.1, 0.15) is 24.5 Å². The maximum Gasteiger partial charge on any atom is 0.262 e. The fourth-order valence-electron chi connectivity index (χ4n) is 3.26. The minimum atomic E-state index is -0.0294. The number of thioether (sulfide) groups is 1. The topological polar surface area (TPSA) is 63.1 Å². The Balaban J connectivity index is 1.76. The van der Waals surface area contributed by atoms with Crippen molar-refractivity contribution >= 4 is 44.1 Å². The molecule has 0 unspecified atom stereocenters. The average molecular weight is 453 g/mol. The second kappa shape index (κ2) is 7.82. The van der Waals surface area contributed by atoms with E-state index in [-0.39, 0.29) is 5.56 Å². The number of hydrogen-bond acceptors (Lipinski definition) is 4. The molecule has 0 spiro atoms. The van der Waals surface area contributed by atoms with Crippen LogP contribution in [0.3, 0.4) is 0 Å². The summed E-state index contributed by atoms with van der Waals surface area (Å²) in [4.78, 5) is 17.7. The molecule has 1 aromatic carbocycles. The minimum Gasteiger partial charge on any atom is -0.322 e. The molecule has 0 bridgehead atoms. The van der Waals surface area contributed by atoms with Gasteiger partial charge in [-0.1, -0.05) is 40.7 Å². The zero-order valence-electron chi connectivity index (χ0n) is 15.2. The predicted octanol–water partition coefficient (Wildman–Crippen LogP) is 4.99. The van der Waals surface area contributed by atoms with E-state index in [2.05, 4.69) is 22.0 Å². The first-order valence-corrected chi connectivity index (χ1v) is 10.7. The number of rotatable bonds is 5. The molecular formula is C21H17BrN4OS. The second-order valence-corrected chi connectivity index (χ2v) is 8.29. The predicted molar refractivity (Wildman–Crippen MR) is 116 cm³/mol. The van der Waals surface area contributed by atoms with Crippen molar-refractivity contribution < 1.29 is 0 Å². The number of pyridine rings is 1. The van der Waals surface area contributed by atoms with Crippen LogP contribution >= 0.6 is 27.7 Å². The van der Waals surface area contributed by atoms with Gasteiger partial charge in [-0.3, -0.25) is 9.36 Å². The standard InChI is InChI=1S/C21H17BrN4OS/c1-2-8-26-20(27)16-10-15(22)6-7-18(16)24-21(26)28-13-14-12-25-9-4-3-5-19(25)17(14)11-23/h3-7,9-10,12H,2,8,13H2,1H3. The lowest BCUT2D eigenvalue weighted by Crippen LogP contribution is -2.23. The molecule has 7 heteroatoms. The summed E-state index contributed by atoms with van der Waals surface area (Å²) >= 11 is 4.92. The van der Waals surface area contributed by atoms with Gasteiger partial charge in [-0.05, 0) is 42.3 Å². The molecule has 0 aliphatic carbocycles. The lowest BCUT2D eigenvalue weighted by atomic mass is 10.2. The van der Waals surface area contributed by atoms with Gasteiger partial charge in [-0.2, -0.15) is 5.26 Å². The Hall–Kier alpha value is -2.56. The summed E-state index contributed by atoms with van der Waals surface area (Å²) in [6.07, 6.45) is 4.75. The van der Waals surface area contributed by atoms with Gasteiger partial charge in [0.1, 0.15) is 6.07 Å². The third-order valence-corrected chi connectivity index (χ3v) is 6.08. The molecule has 28 heavy (non-hydrogen) atoms. The quantitative estimate of drug-likeness (QED) is 0.316. The molecule has 4 aromatic rings. The first-order chi connectivity index (χ1) is 13.6. The van der Waals surface area contributed by atoms with Gasteiger partial charge in [0, 0.05) is 29.2 Å². The summed E-state index contributed by atoms with van der Waals surface area (Å²) < 4.78 is 4.56. The highest BCUT2D eigenvalue weighted by molar-refractivity contribution is 9.10. The van der Waals surface area contributed by atoms with E-state index in [1.807, 2.05) is 60.1 Å². The van der Waals surface area contributed by atoms with E-state index in [0.29, 0.717) is 33.9 Å². The van der Waals surface area contributed by atoms with E-state index in [0.717, 1.165) is 22.0 Å². The highest BCUT2D eigenvalue weighted by atomic mass is 79.9. The molecule has 140 valence electrons. The van der Waals surface area contributed by atoms with Gasteiger partial charge in [0.25, 0.3) is 5.56 Å². The summed E-state index contributed by atoms with van der Waals surface area (Å²) in [6.45, 7) is 2.65. The van der Waals surface area contributed by atoms with Crippen molar-refractivity contribution in [3.8, 4) is 6.07 Å². The number of halogens is 1. The Kier molecular flexibility index (Phi) is 5.25. The van der Waals surface area contributed by atoms with Crippen molar-refractivity contribution in [3.63, 3.8) is 0 Å². The number of nitriles is 1. The second-order valence-electron chi connectivity index (χ2n) is 6.44. The van der Waals surface area contributed by atoms with Gasteiger partial charge in [0.05, 0.1) is 22.0 Å². The summed E-state index contributed by atoms with van der Waals surface area (Å²) in [5.74, 6) is 0.572. The van der Waals surface area contributed by atoms with E-state index in [9.17, 15) is 10.1 Å². The van der Waals surface area contributed by atoms with Gasteiger partial charge in [0.2, 0.25) is 0 Å². The molecule has 0 N–H and O–H groups in total. The van der Waals surface area contributed by atoms with Gasteiger partial charge in [-0.15, -0.1) is 0 Å². The maximum atomic E-state index is 13.0. The van der Waals surface area contributed by atoms with Gasteiger partial charge in [-0.25, -0.2) is 4.98 Å². The Morgan fingerprint density at radius 2 is 2.14 bits per heavy atom. The van der Waals surface area contributed by atoms with Crippen LogP contribution in [0, 0.1) is 11.3 Å². The molecule has 0 saturated heterocycles. The minimum absolute atomic E-state index is 0.0294. The molecule has 4 rings (SSSR count). The highest BCUT2D eigenvalue weighted by Gasteiger charge is 2.15. The van der Waals surface area contributed by atoms with Crippen LogP contribution in [0.25, 0.3) is 16.4 Å². The molecule has 0 amide bonds. The summed E-state index contributed by atoms with van der Waals surface area (Å²) in [6, 6.07) is 13.7. The van der Waals surface area contributed by atoms with Crippen molar-refractivity contribution in [2.75, 3.05) is 0 Å². The van der Waals surface area contributed by atoms with Gasteiger partial charge >= 0.3 is 0 Å². The monoisotopic (exact) mass is 452 g/mol. The zero-order chi connectivity index (χ0) is 19.7. The number of aromatic nitrogens is 3. The lowest BCUT2D eigenvalue weighted by Gasteiger charge is -2.12. The van der Waals surface area contributed by atoms with E-state index in [1.165, 1.54) is 11.8 Å². The van der Waals surface area contributed by atoms with Crippen LogP contribution in [-0.4, -0.2) is 14.0 Å². The molecule has 5 nitrogen and oxygen atoms in total. The molecule has 3 aromatic heterocycles. The van der Waals surface area contributed by atoms with Crippen molar-refractivity contribution in [1.82, 2.24) is 14.0 Å². The molecular weight excluding hydrogens is 436 g/mol. The summed E-state index contributed by atoms with van der Waals surface area (Å²) in [5, 5.41) is 10.9. The SMILES string of the molecule is CCCn1c(SCc2cn3ccccc3c2C#N)nc2ccc(Br)cc2c1=O. The van der Waals surface area contributed by atoms with Gasteiger partial charge < -0.3 is 4.40 Å². The molecule has 0 saturated carbocycles. The average Bonchev–Trinajstić information content (AvgIpc) is 3.07. The van der Waals surface area contributed by atoms with Crippen molar-refractivity contribution in [2.24, 2.45) is 0 Å². The highest BCUT2D eigenvalue weighted by Crippen LogP contribution is 2.27. The largest absolute Gasteiger partial charge is 0.322 e. The van der Waals surface area contributed by atoms with E-state index in [1.54, 1.807) is 4.57 Å². The molecule has 3 heterocycles. The van der Waals surface area contributed by atoms with Crippen molar-refractivity contribution in [1.29, 1.82) is 5.26 Å². The fourth-order valence-corrected chi connectivity index (χ4v) is 4.62. The van der Waals surface area contributed by atoms with Crippen LogP contribution in [0.5, 0.6) is 0 Å². The van der Waals surface area contributed by atoms with Crippen molar-refractivity contribution in [3.05, 3.63) is 74.7 Å². The van der Waals surface area contributed by atoms with Crippen molar-refractivity contribution in [2.45, 2.75) is 30.8 Å². The molecule has 0 atom stereocenters. The third-order valence-electron chi connectivity index (χ3n) is 4.56. The third kappa shape index (κ3) is 3.34. The van der Waals surface area contributed by atoms with Crippen LogP contribution in [0.15, 0.2) is 63.2 Å². The normalized spacial score (nSPS) is 11.2. The van der Waals surface area contributed by atoms with Crippen LogP contribution in [-0.2, 0) is 12.3 Å². The smallest absolute Gasteiger partial charge is 0.262 e.